The second kappa shape index (κ2) is 6.71. The third kappa shape index (κ3) is 3.80. The van der Waals surface area contributed by atoms with Gasteiger partial charge in [0, 0.05) is 12.6 Å². The van der Waals surface area contributed by atoms with E-state index in [9.17, 15) is 4.79 Å². The lowest BCUT2D eigenvalue weighted by atomic mass is 10.0. The van der Waals surface area contributed by atoms with Gasteiger partial charge in [-0.05, 0) is 38.3 Å². The Morgan fingerprint density at radius 2 is 2.32 bits per heavy atom. The Morgan fingerprint density at radius 1 is 1.47 bits per heavy atom. The summed E-state index contributed by atoms with van der Waals surface area (Å²) in [4.78, 5) is 14.2. The molecule has 0 unspecified atom stereocenters. The third-order valence-electron chi connectivity index (χ3n) is 3.71. The van der Waals surface area contributed by atoms with Crippen molar-refractivity contribution in [1.82, 2.24) is 10.2 Å². The maximum Gasteiger partial charge on any atom is 0.234 e. The number of carbonyl (C=O) groups is 1. The zero-order valence-corrected chi connectivity index (χ0v) is 12.0. The van der Waals surface area contributed by atoms with E-state index < -0.39 is 0 Å². The molecule has 1 N–H and O–H groups in total. The van der Waals surface area contributed by atoms with Crippen LogP contribution in [0.3, 0.4) is 0 Å². The fourth-order valence-electron chi connectivity index (χ4n) is 2.78. The van der Waals surface area contributed by atoms with E-state index in [4.69, 9.17) is 0 Å². The summed E-state index contributed by atoms with van der Waals surface area (Å²) in [6.45, 7) is 6.53. The number of rotatable bonds is 5. The Hall–Kier alpha value is -1.35. The van der Waals surface area contributed by atoms with Crippen LogP contribution in [0.15, 0.2) is 24.3 Å². The average Bonchev–Trinajstić information content (AvgIpc) is 2.84. The Balaban J connectivity index is 1.99. The quantitative estimate of drug-likeness (QED) is 0.882. The van der Waals surface area contributed by atoms with Crippen molar-refractivity contribution in [3.05, 3.63) is 35.4 Å². The van der Waals surface area contributed by atoms with Gasteiger partial charge in [-0.2, -0.15) is 0 Å². The van der Waals surface area contributed by atoms with Crippen LogP contribution < -0.4 is 5.32 Å². The molecule has 0 aliphatic carbocycles. The van der Waals surface area contributed by atoms with Gasteiger partial charge in [0.25, 0.3) is 0 Å². The van der Waals surface area contributed by atoms with Gasteiger partial charge < -0.3 is 5.32 Å². The minimum absolute atomic E-state index is 0.154. The van der Waals surface area contributed by atoms with E-state index in [1.54, 1.807) is 0 Å². The van der Waals surface area contributed by atoms with Crippen molar-refractivity contribution in [3.63, 3.8) is 0 Å². The molecule has 1 aliphatic rings. The number of hydrogen-bond acceptors (Lipinski definition) is 2. The van der Waals surface area contributed by atoms with Crippen LogP contribution in [0, 0.1) is 6.92 Å². The predicted octanol–water partition coefficient (Wildman–Crippen LogP) is 2.66. The summed E-state index contributed by atoms with van der Waals surface area (Å²) in [7, 11) is 0. The summed E-state index contributed by atoms with van der Waals surface area (Å²) in [5, 5.41) is 2.96. The van der Waals surface area contributed by atoms with Gasteiger partial charge in [-0.3, -0.25) is 9.69 Å². The van der Waals surface area contributed by atoms with Gasteiger partial charge in [0.2, 0.25) is 5.91 Å². The van der Waals surface area contributed by atoms with Crippen LogP contribution in [0.25, 0.3) is 0 Å². The molecule has 1 amide bonds. The van der Waals surface area contributed by atoms with Crippen LogP contribution in [0.1, 0.15) is 43.4 Å². The zero-order valence-electron chi connectivity index (χ0n) is 12.0. The zero-order chi connectivity index (χ0) is 13.7. The number of nitrogens with one attached hydrogen (secondary N) is 1. The van der Waals surface area contributed by atoms with Crippen LogP contribution in [0.5, 0.6) is 0 Å². The molecule has 3 heteroatoms. The summed E-state index contributed by atoms with van der Waals surface area (Å²) >= 11 is 0. The molecule has 1 atom stereocenters. The number of aryl methyl sites for hydroxylation is 1. The van der Waals surface area contributed by atoms with Crippen molar-refractivity contribution >= 4 is 5.91 Å². The molecule has 0 bridgehead atoms. The summed E-state index contributed by atoms with van der Waals surface area (Å²) in [5.74, 6) is 0.154. The number of nitrogens with zero attached hydrogens (tertiary/aromatic N) is 1. The molecule has 19 heavy (non-hydrogen) atoms. The molecule has 3 nitrogen and oxygen atoms in total. The van der Waals surface area contributed by atoms with E-state index in [0.29, 0.717) is 12.6 Å². The van der Waals surface area contributed by atoms with E-state index in [1.165, 1.54) is 17.5 Å². The highest BCUT2D eigenvalue weighted by molar-refractivity contribution is 5.78. The number of carbonyl (C=O) groups excluding carboxylic acids is 1. The molecule has 1 aromatic rings. The largest absolute Gasteiger partial charge is 0.355 e. The molecule has 1 aliphatic heterocycles. The van der Waals surface area contributed by atoms with E-state index in [-0.39, 0.29) is 5.91 Å². The lowest BCUT2D eigenvalue weighted by molar-refractivity contribution is -0.122. The molecule has 1 fully saturated rings. The van der Waals surface area contributed by atoms with Gasteiger partial charge in [0.1, 0.15) is 0 Å². The van der Waals surface area contributed by atoms with Crippen molar-refractivity contribution in [2.75, 3.05) is 19.6 Å². The molecule has 0 aromatic heterocycles. The number of amides is 1. The highest BCUT2D eigenvalue weighted by Gasteiger charge is 2.27. The van der Waals surface area contributed by atoms with Gasteiger partial charge in [-0.1, -0.05) is 36.8 Å². The molecular formula is C16H24N2O. The van der Waals surface area contributed by atoms with Crippen molar-refractivity contribution < 1.29 is 4.79 Å². The van der Waals surface area contributed by atoms with Gasteiger partial charge in [0.15, 0.2) is 0 Å². The van der Waals surface area contributed by atoms with Crippen LogP contribution in [0.2, 0.25) is 0 Å². The average molecular weight is 260 g/mol. The van der Waals surface area contributed by atoms with Crippen LogP contribution >= 0.6 is 0 Å². The minimum Gasteiger partial charge on any atom is -0.355 e. The molecular weight excluding hydrogens is 236 g/mol. The fraction of sp³-hybridized carbons (Fsp3) is 0.562. The molecule has 1 heterocycles. The topological polar surface area (TPSA) is 32.3 Å². The Bertz CT molecular complexity index is 431. The summed E-state index contributed by atoms with van der Waals surface area (Å²) < 4.78 is 0. The molecule has 2 rings (SSSR count). The number of likely N-dealkylation sites (tertiary alicyclic amines) is 1. The summed E-state index contributed by atoms with van der Waals surface area (Å²) in [6.07, 6.45) is 3.33. The van der Waals surface area contributed by atoms with Crippen LogP contribution in [-0.2, 0) is 4.79 Å². The standard InChI is InChI=1S/C16H24N2O/c1-3-9-17-16(19)12-18-10-5-8-15(18)14-7-4-6-13(2)11-14/h4,6-7,11,15H,3,5,8-10,12H2,1-2H3,(H,17,19)/t15-/m1/s1. The molecule has 104 valence electrons. The van der Waals surface area contributed by atoms with Crippen molar-refractivity contribution in [1.29, 1.82) is 0 Å². The Kier molecular flexibility index (Phi) is 4.97. The van der Waals surface area contributed by atoms with Gasteiger partial charge >= 0.3 is 0 Å². The SMILES string of the molecule is CCCNC(=O)CN1CCC[C@@H]1c1cccc(C)c1. The van der Waals surface area contributed by atoms with E-state index in [1.807, 2.05) is 0 Å². The number of benzene rings is 1. The highest BCUT2D eigenvalue weighted by atomic mass is 16.2. The lowest BCUT2D eigenvalue weighted by Gasteiger charge is -2.24. The predicted molar refractivity (Wildman–Crippen MR) is 78.0 cm³/mol. The second-order valence-electron chi connectivity index (χ2n) is 5.39. The van der Waals surface area contributed by atoms with Crippen molar-refractivity contribution in [3.8, 4) is 0 Å². The van der Waals surface area contributed by atoms with E-state index in [2.05, 4.69) is 48.3 Å². The van der Waals surface area contributed by atoms with Crippen LogP contribution in [0.4, 0.5) is 0 Å². The highest BCUT2D eigenvalue weighted by Crippen LogP contribution is 2.31. The van der Waals surface area contributed by atoms with Gasteiger partial charge in [-0.15, -0.1) is 0 Å². The maximum absolute atomic E-state index is 11.8. The molecule has 0 saturated carbocycles. The fourth-order valence-corrected chi connectivity index (χ4v) is 2.78. The Morgan fingerprint density at radius 3 is 3.05 bits per heavy atom. The van der Waals surface area contributed by atoms with Gasteiger partial charge in [-0.25, -0.2) is 0 Å². The molecule has 0 radical (unpaired) electrons. The Labute approximate surface area is 116 Å². The third-order valence-corrected chi connectivity index (χ3v) is 3.71. The normalized spacial score (nSPS) is 19.6. The smallest absolute Gasteiger partial charge is 0.234 e. The minimum atomic E-state index is 0.154. The van der Waals surface area contributed by atoms with Crippen molar-refractivity contribution in [2.45, 2.75) is 39.2 Å². The monoisotopic (exact) mass is 260 g/mol. The second-order valence-corrected chi connectivity index (χ2v) is 5.39. The van der Waals surface area contributed by atoms with E-state index in [0.717, 1.165) is 25.9 Å². The molecule has 1 saturated heterocycles. The summed E-state index contributed by atoms with van der Waals surface area (Å²) in [6, 6.07) is 9.06. The lowest BCUT2D eigenvalue weighted by Crippen LogP contribution is -2.37. The van der Waals surface area contributed by atoms with E-state index >= 15 is 0 Å². The summed E-state index contributed by atoms with van der Waals surface area (Å²) in [5.41, 5.74) is 2.64. The molecule has 1 aromatic carbocycles. The van der Waals surface area contributed by atoms with Gasteiger partial charge in [0.05, 0.1) is 6.54 Å². The maximum atomic E-state index is 11.8. The first-order valence-corrected chi connectivity index (χ1v) is 7.28. The molecule has 0 spiro atoms. The van der Waals surface area contributed by atoms with Crippen LogP contribution in [-0.4, -0.2) is 30.4 Å². The first-order chi connectivity index (χ1) is 9.20. The first kappa shape index (κ1) is 14.1. The van der Waals surface area contributed by atoms with Crippen molar-refractivity contribution in [2.24, 2.45) is 0 Å². The number of hydrogen-bond donors (Lipinski definition) is 1. The first-order valence-electron chi connectivity index (χ1n) is 7.28.